The second kappa shape index (κ2) is 7.50. The maximum Gasteiger partial charge on any atom is 0.254 e. The molecule has 3 aromatic rings. The summed E-state index contributed by atoms with van der Waals surface area (Å²) in [7, 11) is -1.25. The first-order valence-electron chi connectivity index (χ1n) is 8.12. The Bertz CT molecular complexity index is 836. The molecule has 0 bridgehead atoms. The lowest BCUT2D eigenvalue weighted by Crippen LogP contribution is -2.32. The Morgan fingerprint density at radius 2 is 1.16 bits per heavy atom. The van der Waals surface area contributed by atoms with Gasteiger partial charge >= 0.3 is 0 Å². The van der Waals surface area contributed by atoms with Crippen molar-refractivity contribution in [2.45, 2.75) is 0 Å². The third kappa shape index (κ3) is 3.72. The van der Waals surface area contributed by atoms with E-state index in [9.17, 15) is 9.36 Å². The smallest absolute Gasteiger partial charge is 0.254 e. The summed E-state index contributed by atoms with van der Waals surface area (Å²) in [5.74, 6) is -0.132. The van der Waals surface area contributed by atoms with Crippen molar-refractivity contribution in [3.63, 3.8) is 0 Å². The lowest BCUT2D eigenvalue weighted by molar-refractivity contribution is 0.0817. The molecule has 0 radical (unpaired) electrons. The molecule has 3 nitrogen and oxygen atoms in total. The molecule has 0 aliphatic carbocycles. The van der Waals surface area contributed by atoms with Gasteiger partial charge in [-0.05, 0) is 12.1 Å². The molecule has 126 valence electrons. The molecule has 0 aliphatic rings. The van der Waals surface area contributed by atoms with Crippen molar-refractivity contribution in [3.8, 4) is 0 Å². The first kappa shape index (κ1) is 17.2. The molecule has 0 spiro atoms. The molecule has 0 saturated carbocycles. The van der Waals surface area contributed by atoms with Crippen LogP contribution >= 0.6 is 7.14 Å². The average Bonchev–Trinajstić information content (AvgIpc) is 2.69. The number of hydrogen-bond acceptors (Lipinski definition) is 2. The number of hydrogen-bond donors (Lipinski definition) is 0. The van der Waals surface area contributed by atoms with Gasteiger partial charge in [-0.2, -0.15) is 0 Å². The number of nitrogens with zero attached hydrogens (tertiary/aromatic N) is 1. The van der Waals surface area contributed by atoms with Gasteiger partial charge in [-0.25, -0.2) is 0 Å². The van der Waals surface area contributed by atoms with Crippen LogP contribution in [-0.4, -0.2) is 24.1 Å². The van der Waals surface area contributed by atoms with E-state index in [0.717, 1.165) is 10.6 Å². The van der Waals surface area contributed by atoms with E-state index in [1.807, 2.05) is 78.9 Å². The normalized spacial score (nSPS) is 11.1. The van der Waals surface area contributed by atoms with Crippen molar-refractivity contribution >= 4 is 23.7 Å². The van der Waals surface area contributed by atoms with Crippen molar-refractivity contribution < 1.29 is 9.36 Å². The molecule has 1 amide bonds. The van der Waals surface area contributed by atoms with Crippen LogP contribution in [0.2, 0.25) is 0 Å². The van der Waals surface area contributed by atoms with Crippen LogP contribution in [0, 0.1) is 0 Å². The molecule has 4 heteroatoms. The van der Waals surface area contributed by atoms with E-state index in [1.165, 1.54) is 0 Å². The van der Waals surface area contributed by atoms with Gasteiger partial charge in [0.15, 0.2) is 7.14 Å². The fourth-order valence-electron chi connectivity index (χ4n) is 2.81. The molecule has 3 aromatic carbocycles. The van der Waals surface area contributed by atoms with Crippen LogP contribution in [0.4, 0.5) is 0 Å². The van der Waals surface area contributed by atoms with Gasteiger partial charge in [0.1, 0.15) is 0 Å². The lowest BCUT2D eigenvalue weighted by Gasteiger charge is -2.25. The minimum Gasteiger partial charge on any atom is -0.334 e. The van der Waals surface area contributed by atoms with Gasteiger partial charge in [-0.15, -0.1) is 0 Å². The van der Waals surface area contributed by atoms with E-state index in [1.54, 1.807) is 24.1 Å². The summed E-state index contributed by atoms with van der Waals surface area (Å²) < 4.78 is 14.0. The van der Waals surface area contributed by atoms with Crippen molar-refractivity contribution in [2.75, 3.05) is 13.3 Å². The molecule has 0 heterocycles. The predicted octanol–water partition coefficient (Wildman–Crippen LogP) is 3.73. The van der Waals surface area contributed by atoms with E-state index in [0.29, 0.717) is 5.56 Å². The number of carbonyl (C=O) groups is 1. The second-order valence-corrected chi connectivity index (χ2v) is 8.72. The molecule has 25 heavy (non-hydrogen) atoms. The maximum absolute atomic E-state index is 14.0. The third-order valence-corrected chi connectivity index (χ3v) is 7.21. The highest BCUT2D eigenvalue weighted by Crippen LogP contribution is 2.43. The Morgan fingerprint density at radius 1 is 0.760 bits per heavy atom. The fraction of sp³-hybridized carbons (Fsp3) is 0.0952. The summed E-state index contributed by atoms with van der Waals surface area (Å²) in [6.07, 6.45) is 0.161. The zero-order valence-electron chi connectivity index (χ0n) is 14.1. The zero-order chi connectivity index (χ0) is 17.7. The molecule has 0 fully saturated rings. The highest BCUT2D eigenvalue weighted by molar-refractivity contribution is 7.78. The standard InChI is InChI=1S/C21H20NO2P/c1-22(21(23)18-11-5-2-6-12-18)17-25(24,19-13-7-3-8-14-19)20-15-9-4-10-16-20/h2-16H,17H2,1H3. The number of carbonyl (C=O) groups excluding carboxylic acids is 1. The molecule has 0 N–H and O–H groups in total. The Hall–Kier alpha value is -2.64. The van der Waals surface area contributed by atoms with Crippen molar-refractivity contribution in [1.82, 2.24) is 4.90 Å². The highest BCUT2D eigenvalue weighted by Gasteiger charge is 2.30. The predicted molar refractivity (Wildman–Crippen MR) is 103 cm³/mol. The number of amides is 1. The van der Waals surface area contributed by atoms with Crippen LogP contribution < -0.4 is 10.6 Å². The van der Waals surface area contributed by atoms with Crippen LogP contribution in [0.1, 0.15) is 10.4 Å². The monoisotopic (exact) mass is 349 g/mol. The van der Waals surface area contributed by atoms with Gasteiger partial charge in [0.05, 0.1) is 6.29 Å². The summed E-state index contributed by atoms with van der Waals surface area (Å²) in [5, 5.41) is 1.52. The minimum absolute atomic E-state index is 0.132. The molecule has 0 saturated heterocycles. The van der Waals surface area contributed by atoms with Crippen molar-refractivity contribution in [1.29, 1.82) is 0 Å². The SMILES string of the molecule is CN(CP(=O)(c1ccccc1)c1ccccc1)C(=O)c1ccccc1. The van der Waals surface area contributed by atoms with Gasteiger partial charge < -0.3 is 9.46 Å². The van der Waals surface area contributed by atoms with E-state index < -0.39 is 7.14 Å². The van der Waals surface area contributed by atoms with Crippen LogP contribution in [0.3, 0.4) is 0 Å². The Kier molecular flexibility index (Phi) is 5.16. The molecule has 0 aromatic heterocycles. The van der Waals surface area contributed by atoms with Crippen molar-refractivity contribution in [3.05, 3.63) is 96.6 Å². The maximum atomic E-state index is 14.0. The third-order valence-electron chi connectivity index (χ3n) is 4.13. The molecule has 0 atom stereocenters. The van der Waals surface area contributed by atoms with Crippen LogP contribution in [-0.2, 0) is 4.57 Å². The van der Waals surface area contributed by atoms with Gasteiger partial charge in [-0.1, -0.05) is 78.9 Å². The lowest BCUT2D eigenvalue weighted by atomic mass is 10.2. The van der Waals surface area contributed by atoms with Gasteiger partial charge in [0.25, 0.3) is 5.91 Å². The van der Waals surface area contributed by atoms with E-state index in [4.69, 9.17) is 0 Å². The Morgan fingerprint density at radius 3 is 1.60 bits per heavy atom. The summed E-state index contributed by atoms with van der Waals surface area (Å²) in [6, 6.07) is 27.9. The van der Waals surface area contributed by atoms with Crippen molar-refractivity contribution in [2.24, 2.45) is 0 Å². The average molecular weight is 349 g/mol. The Balaban J connectivity index is 1.96. The van der Waals surface area contributed by atoms with E-state index >= 15 is 0 Å². The van der Waals surface area contributed by atoms with Crippen LogP contribution in [0.15, 0.2) is 91.0 Å². The summed E-state index contributed by atoms with van der Waals surface area (Å²) in [4.78, 5) is 14.2. The second-order valence-electron chi connectivity index (χ2n) is 5.92. The van der Waals surface area contributed by atoms with E-state index in [2.05, 4.69) is 0 Å². The topological polar surface area (TPSA) is 37.4 Å². The van der Waals surface area contributed by atoms with E-state index in [-0.39, 0.29) is 12.2 Å². The first-order valence-corrected chi connectivity index (χ1v) is 10.0. The molecule has 3 rings (SSSR count). The summed E-state index contributed by atoms with van der Waals surface area (Å²) in [5.41, 5.74) is 0.595. The largest absolute Gasteiger partial charge is 0.334 e. The number of benzene rings is 3. The molecule has 0 aliphatic heterocycles. The molecule has 0 unspecified atom stereocenters. The fourth-order valence-corrected chi connectivity index (χ4v) is 5.47. The minimum atomic E-state index is -2.95. The first-order chi connectivity index (χ1) is 12.1. The number of rotatable bonds is 5. The molecular weight excluding hydrogens is 329 g/mol. The Labute approximate surface area is 148 Å². The quantitative estimate of drug-likeness (QED) is 0.658. The van der Waals surface area contributed by atoms with Gasteiger partial charge in [0, 0.05) is 23.2 Å². The summed E-state index contributed by atoms with van der Waals surface area (Å²) in [6.45, 7) is 0. The highest BCUT2D eigenvalue weighted by atomic mass is 31.2. The zero-order valence-corrected chi connectivity index (χ0v) is 15.0. The molecular formula is C21H20NO2P. The van der Waals surface area contributed by atoms with Crippen LogP contribution in [0.5, 0.6) is 0 Å². The summed E-state index contributed by atoms with van der Waals surface area (Å²) >= 11 is 0. The van der Waals surface area contributed by atoms with Gasteiger partial charge in [-0.3, -0.25) is 4.79 Å². The van der Waals surface area contributed by atoms with Crippen LogP contribution in [0.25, 0.3) is 0 Å². The van der Waals surface area contributed by atoms with Gasteiger partial charge in [0.2, 0.25) is 0 Å².